The molecule has 104 valence electrons. The average Bonchev–Trinajstić information content (AvgIpc) is 2.71. The summed E-state index contributed by atoms with van der Waals surface area (Å²) in [6.45, 7) is 2.66. The fourth-order valence-corrected chi connectivity index (χ4v) is 2.23. The molecule has 0 aromatic heterocycles. The molecule has 1 aliphatic heterocycles. The maximum Gasteiger partial charge on any atom is 0.326 e. The van der Waals surface area contributed by atoms with Crippen LogP contribution in [0.2, 0.25) is 0 Å². The molecule has 7 heteroatoms. The molecule has 0 saturated carbocycles. The lowest BCUT2D eigenvalue weighted by Crippen LogP contribution is -2.46. The summed E-state index contributed by atoms with van der Waals surface area (Å²) >= 11 is 1.72. The highest BCUT2D eigenvalue weighted by Crippen LogP contribution is 2.18. The lowest BCUT2D eigenvalue weighted by molar-refractivity contribution is -0.141. The van der Waals surface area contributed by atoms with E-state index >= 15 is 0 Å². The van der Waals surface area contributed by atoms with Gasteiger partial charge < -0.3 is 20.4 Å². The van der Waals surface area contributed by atoms with Crippen LogP contribution in [0.5, 0.6) is 0 Å². The SMILES string of the molecule is CSC(C)CCNC(=O)N1CC(O)C[C@H]1C(=O)O. The van der Waals surface area contributed by atoms with Crippen LogP contribution in [0.1, 0.15) is 19.8 Å². The second kappa shape index (κ2) is 6.84. The van der Waals surface area contributed by atoms with Crippen molar-refractivity contribution < 1.29 is 19.8 Å². The maximum absolute atomic E-state index is 11.8. The molecule has 0 radical (unpaired) electrons. The number of carboxylic acid groups (broad SMARTS) is 1. The summed E-state index contributed by atoms with van der Waals surface area (Å²) in [6.07, 6.45) is 2.19. The summed E-state index contributed by atoms with van der Waals surface area (Å²) in [5.41, 5.74) is 0. The molecule has 1 saturated heterocycles. The monoisotopic (exact) mass is 276 g/mol. The van der Waals surface area contributed by atoms with Crippen LogP contribution in [0.3, 0.4) is 0 Å². The molecule has 0 aliphatic carbocycles. The van der Waals surface area contributed by atoms with Gasteiger partial charge in [-0.05, 0) is 12.7 Å². The van der Waals surface area contributed by atoms with Crippen molar-refractivity contribution in [2.75, 3.05) is 19.3 Å². The first-order valence-corrected chi connectivity index (χ1v) is 7.22. The molecule has 2 amide bonds. The molecular weight excluding hydrogens is 256 g/mol. The lowest BCUT2D eigenvalue weighted by atomic mass is 10.2. The van der Waals surface area contributed by atoms with Crippen LogP contribution in [0.15, 0.2) is 0 Å². The Morgan fingerprint density at radius 1 is 1.56 bits per heavy atom. The van der Waals surface area contributed by atoms with Gasteiger partial charge in [-0.15, -0.1) is 0 Å². The summed E-state index contributed by atoms with van der Waals surface area (Å²) in [4.78, 5) is 24.0. The van der Waals surface area contributed by atoms with Gasteiger partial charge in [0.1, 0.15) is 6.04 Å². The van der Waals surface area contributed by atoms with E-state index in [9.17, 15) is 14.7 Å². The zero-order valence-corrected chi connectivity index (χ0v) is 11.4. The molecule has 6 nitrogen and oxygen atoms in total. The molecule has 0 aromatic rings. The third-order valence-corrected chi connectivity index (χ3v) is 4.09. The Balaban J connectivity index is 2.43. The van der Waals surface area contributed by atoms with E-state index in [1.54, 1.807) is 11.8 Å². The van der Waals surface area contributed by atoms with Crippen molar-refractivity contribution in [3.63, 3.8) is 0 Å². The molecule has 3 atom stereocenters. The highest BCUT2D eigenvalue weighted by molar-refractivity contribution is 7.99. The van der Waals surface area contributed by atoms with Crippen LogP contribution in [0.4, 0.5) is 4.79 Å². The van der Waals surface area contributed by atoms with Crippen molar-refractivity contribution in [2.24, 2.45) is 0 Å². The van der Waals surface area contributed by atoms with Gasteiger partial charge in [0.05, 0.1) is 6.10 Å². The standard InChI is InChI=1S/C11H20N2O4S/c1-7(18-2)3-4-12-11(17)13-6-8(14)5-9(13)10(15)16/h7-9,14H,3-6H2,1-2H3,(H,12,17)(H,15,16)/t7?,8?,9-/m0/s1. The number of hydrogen-bond donors (Lipinski definition) is 3. The number of nitrogens with one attached hydrogen (secondary N) is 1. The molecule has 0 spiro atoms. The van der Waals surface area contributed by atoms with Gasteiger partial charge in [-0.25, -0.2) is 9.59 Å². The molecule has 1 fully saturated rings. The third-order valence-electron chi connectivity index (χ3n) is 3.05. The zero-order chi connectivity index (χ0) is 13.7. The Kier molecular flexibility index (Phi) is 5.74. The topological polar surface area (TPSA) is 89.9 Å². The smallest absolute Gasteiger partial charge is 0.326 e. The summed E-state index contributed by atoms with van der Waals surface area (Å²) in [6, 6.07) is -1.33. The number of thioether (sulfide) groups is 1. The predicted molar refractivity (Wildman–Crippen MR) is 69.7 cm³/mol. The molecule has 1 aliphatic rings. The van der Waals surface area contributed by atoms with E-state index in [1.165, 1.54) is 4.90 Å². The number of amides is 2. The normalized spacial score (nSPS) is 24.9. The molecule has 2 unspecified atom stereocenters. The first-order valence-electron chi connectivity index (χ1n) is 5.93. The minimum Gasteiger partial charge on any atom is -0.480 e. The van der Waals surface area contributed by atoms with Crippen LogP contribution in [0, 0.1) is 0 Å². The molecule has 1 rings (SSSR count). The molecule has 1 heterocycles. The van der Waals surface area contributed by atoms with Crippen molar-refractivity contribution in [3.05, 3.63) is 0 Å². The molecular formula is C11H20N2O4S. The first-order chi connectivity index (χ1) is 8.45. The number of aliphatic hydroxyl groups is 1. The Bertz CT molecular complexity index is 313. The minimum absolute atomic E-state index is 0.0842. The Morgan fingerprint density at radius 3 is 2.78 bits per heavy atom. The fraction of sp³-hybridized carbons (Fsp3) is 0.818. The van der Waals surface area contributed by atoms with Crippen LogP contribution in [-0.4, -0.2) is 63.9 Å². The van der Waals surface area contributed by atoms with Gasteiger partial charge in [0, 0.05) is 24.8 Å². The highest BCUT2D eigenvalue weighted by Gasteiger charge is 2.38. The first kappa shape index (κ1) is 15.1. The summed E-state index contributed by atoms with van der Waals surface area (Å²) in [5.74, 6) is -1.07. The van der Waals surface area contributed by atoms with Crippen LogP contribution < -0.4 is 5.32 Å². The number of rotatable bonds is 5. The Labute approximate surface area is 111 Å². The summed E-state index contributed by atoms with van der Waals surface area (Å²) in [7, 11) is 0. The summed E-state index contributed by atoms with van der Waals surface area (Å²) < 4.78 is 0. The molecule has 0 bridgehead atoms. The van der Waals surface area contributed by atoms with E-state index in [1.807, 2.05) is 6.26 Å². The van der Waals surface area contributed by atoms with Crippen molar-refractivity contribution in [2.45, 2.75) is 37.2 Å². The van der Waals surface area contributed by atoms with Gasteiger partial charge in [-0.3, -0.25) is 0 Å². The van der Waals surface area contributed by atoms with Crippen molar-refractivity contribution in [1.82, 2.24) is 10.2 Å². The number of carbonyl (C=O) groups excluding carboxylic acids is 1. The second-order valence-electron chi connectivity index (χ2n) is 4.46. The van der Waals surface area contributed by atoms with Crippen molar-refractivity contribution >= 4 is 23.8 Å². The summed E-state index contributed by atoms with van der Waals surface area (Å²) in [5, 5.41) is 21.5. The minimum atomic E-state index is -1.07. The fourth-order valence-electron chi connectivity index (χ4n) is 1.87. The van der Waals surface area contributed by atoms with Crippen LogP contribution in [0.25, 0.3) is 0 Å². The maximum atomic E-state index is 11.8. The highest BCUT2D eigenvalue weighted by atomic mass is 32.2. The quantitative estimate of drug-likeness (QED) is 0.674. The van der Waals surface area contributed by atoms with E-state index in [0.717, 1.165) is 6.42 Å². The number of aliphatic hydroxyl groups excluding tert-OH is 1. The number of carboxylic acids is 1. The van der Waals surface area contributed by atoms with E-state index < -0.39 is 24.1 Å². The van der Waals surface area contributed by atoms with Gasteiger partial charge in [0.2, 0.25) is 0 Å². The van der Waals surface area contributed by atoms with Gasteiger partial charge in [0.15, 0.2) is 0 Å². The largest absolute Gasteiger partial charge is 0.480 e. The van der Waals surface area contributed by atoms with Gasteiger partial charge in [0.25, 0.3) is 0 Å². The lowest BCUT2D eigenvalue weighted by Gasteiger charge is -2.21. The van der Waals surface area contributed by atoms with Gasteiger partial charge >= 0.3 is 12.0 Å². The Hall–Kier alpha value is -0.950. The van der Waals surface area contributed by atoms with E-state index in [2.05, 4.69) is 12.2 Å². The van der Waals surface area contributed by atoms with Crippen molar-refractivity contribution in [1.29, 1.82) is 0 Å². The number of urea groups is 1. The van der Waals surface area contributed by atoms with Gasteiger partial charge in [-0.2, -0.15) is 11.8 Å². The zero-order valence-electron chi connectivity index (χ0n) is 10.6. The Morgan fingerprint density at radius 2 is 2.22 bits per heavy atom. The molecule has 0 aromatic carbocycles. The van der Waals surface area contributed by atoms with Crippen molar-refractivity contribution in [3.8, 4) is 0 Å². The average molecular weight is 276 g/mol. The number of nitrogens with zero attached hydrogens (tertiary/aromatic N) is 1. The van der Waals surface area contributed by atoms with Gasteiger partial charge in [-0.1, -0.05) is 6.92 Å². The third kappa shape index (κ3) is 4.06. The number of likely N-dealkylation sites (tertiary alicyclic amines) is 1. The second-order valence-corrected chi connectivity index (χ2v) is 5.74. The predicted octanol–water partition coefficient (Wildman–Crippen LogP) is 0.357. The number of aliphatic carboxylic acids is 1. The van der Waals surface area contributed by atoms with Crippen LogP contribution >= 0.6 is 11.8 Å². The molecule has 3 N–H and O–H groups in total. The van der Waals surface area contributed by atoms with E-state index in [-0.39, 0.29) is 13.0 Å². The van der Waals surface area contributed by atoms with E-state index in [4.69, 9.17) is 5.11 Å². The number of carbonyl (C=O) groups is 2. The number of hydrogen-bond acceptors (Lipinski definition) is 4. The van der Waals surface area contributed by atoms with Crippen LogP contribution in [-0.2, 0) is 4.79 Å². The number of β-amino-alcohol motifs (C(OH)–C–C–N with tert-alkyl or cyclic N) is 1. The van der Waals surface area contributed by atoms with E-state index in [0.29, 0.717) is 11.8 Å². The molecule has 18 heavy (non-hydrogen) atoms.